The minimum Gasteiger partial charge on any atom is -0.479 e. The number of benzene rings is 2. The van der Waals surface area contributed by atoms with Crippen molar-refractivity contribution in [1.29, 1.82) is 0 Å². The van der Waals surface area contributed by atoms with Crippen molar-refractivity contribution in [2.75, 3.05) is 0 Å². The SMILES string of the molecule is CC(C)c1ccc(/C=C2/SC(=S)N([C@@H](C(=O)O)c3ccccc3)C2=O)cc1. The van der Waals surface area contributed by atoms with Crippen molar-refractivity contribution >= 4 is 46.3 Å². The number of carboxylic acid groups (broad SMARTS) is 1. The van der Waals surface area contributed by atoms with E-state index in [1.807, 2.05) is 24.3 Å². The molecule has 2 aromatic rings. The Morgan fingerprint density at radius 2 is 1.70 bits per heavy atom. The van der Waals surface area contributed by atoms with Gasteiger partial charge in [-0.15, -0.1) is 0 Å². The monoisotopic (exact) mass is 397 g/mol. The molecule has 1 amide bonds. The summed E-state index contributed by atoms with van der Waals surface area (Å²) in [4.78, 5) is 26.4. The molecule has 1 N–H and O–H groups in total. The average Bonchev–Trinajstić information content (AvgIpc) is 2.91. The molecule has 0 unspecified atom stereocenters. The molecule has 1 heterocycles. The second kappa shape index (κ2) is 8.06. The molecule has 2 aromatic carbocycles. The van der Waals surface area contributed by atoms with E-state index in [1.165, 1.54) is 10.5 Å². The fourth-order valence-electron chi connectivity index (χ4n) is 2.87. The second-order valence-electron chi connectivity index (χ2n) is 6.52. The van der Waals surface area contributed by atoms with Crippen LogP contribution in [0, 0.1) is 0 Å². The fraction of sp³-hybridized carbons (Fsp3) is 0.190. The maximum absolute atomic E-state index is 12.9. The minimum absolute atomic E-state index is 0.251. The van der Waals surface area contributed by atoms with E-state index < -0.39 is 12.0 Å². The molecule has 3 rings (SSSR count). The van der Waals surface area contributed by atoms with Crippen molar-refractivity contribution in [2.24, 2.45) is 0 Å². The topological polar surface area (TPSA) is 57.6 Å². The summed E-state index contributed by atoms with van der Waals surface area (Å²) in [7, 11) is 0. The van der Waals surface area contributed by atoms with Crippen molar-refractivity contribution in [1.82, 2.24) is 4.90 Å². The lowest BCUT2D eigenvalue weighted by Gasteiger charge is -2.23. The van der Waals surface area contributed by atoms with Crippen LogP contribution in [0.15, 0.2) is 59.5 Å². The van der Waals surface area contributed by atoms with Crippen LogP contribution in [0.5, 0.6) is 0 Å². The number of carbonyl (C=O) groups excluding carboxylic acids is 1. The van der Waals surface area contributed by atoms with Gasteiger partial charge in [-0.2, -0.15) is 0 Å². The Bertz CT molecular complexity index is 905. The quantitative estimate of drug-likeness (QED) is 0.578. The van der Waals surface area contributed by atoms with Gasteiger partial charge in [0.1, 0.15) is 4.32 Å². The van der Waals surface area contributed by atoms with Gasteiger partial charge >= 0.3 is 5.97 Å². The van der Waals surface area contributed by atoms with Gasteiger partial charge < -0.3 is 5.11 Å². The summed E-state index contributed by atoms with van der Waals surface area (Å²) in [6.07, 6.45) is 1.76. The van der Waals surface area contributed by atoms with E-state index in [0.717, 1.165) is 17.3 Å². The maximum atomic E-state index is 12.9. The number of hydrogen-bond acceptors (Lipinski definition) is 4. The van der Waals surface area contributed by atoms with Crippen molar-refractivity contribution in [3.05, 3.63) is 76.2 Å². The van der Waals surface area contributed by atoms with Crippen molar-refractivity contribution in [2.45, 2.75) is 25.8 Å². The lowest BCUT2D eigenvalue weighted by atomic mass is 10.0. The average molecular weight is 398 g/mol. The minimum atomic E-state index is -1.13. The zero-order chi connectivity index (χ0) is 19.6. The van der Waals surface area contributed by atoms with E-state index in [2.05, 4.69) is 13.8 Å². The molecule has 138 valence electrons. The van der Waals surface area contributed by atoms with Gasteiger partial charge in [0, 0.05) is 0 Å². The van der Waals surface area contributed by atoms with Gasteiger partial charge in [-0.1, -0.05) is 92.4 Å². The number of rotatable bonds is 5. The molecule has 0 aliphatic carbocycles. The maximum Gasteiger partial charge on any atom is 0.331 e. The summed E-state index contributed by atoms with van der Waals surface area (Å²) in [5.74, 6) is -1.06. The third-order valence-corrected chi connectivity index (χ3v) is 5.66. The molecule has 1 fully saturated rings. The van der Waals surface area contributed by atoms with Crippen molar-refractivity contribution < 1.29 is 14.7 Å². The van der Waals surface area contributed by atoms with Crippen LogP contribution in [0.4, 0.5) is 0 Å². The molecule has 1 saturated heterocycles. The smallest absolute Gasteiger partial charge is 0.331 e. The summed E-state index contributed by atoms with van der Waals surface area (Å²) >= 11 is 6.46. The van der Waals surface area contributed by atoms with Gasteiger partial charge in [-0.05, 0) is 28.7 Å². The predicted octanol–water partition coefficient (Wildman–Crippen LogP) is 4.84. The van der Waals surface area contributed by atoms with Gasteiger partial charge in [0.05, 0.1) is 4.91 Å². The lowest BCUT2D eigenvalue weighted by molar-refractivity contribution is -0.145. The Balaban J connectivity index is 1.91. The van der Waals surface area contributed by atoms with E-state index in [0.29, 0.717) is 16.4 Å². The normalized spacial score (nSPS) is 17.0. The Kier molecular flexibility index (Phi) is 5.77. The number of nitrogens with zero attached hydrogens (tertiary/aromatic N) is 1. The number of thiocarbonyl (C=S) groups is 1. The fourth-order valence-corrected chi connectivity index (χ4v) is 4.18. The third-order valence-electron chi connectivity index (χ3n) is 4.33. The summed E-state index contributed by atoms with van der Waals surface area (Å²) in [5.41, 5.74) is 2.62. The highest BCUT2D eigenvalue weighted by Gasteiger charge is 2.41. The largest absolute Gasteiger partial charge is 0.479 e. The summed E-state index contributed by atoms with van der Waals surface area (Å²) < 4.78 is 0.251. The molecule has 0 aromatic heterocycles. The van der Waals surface area contributed by atoms with Crippen LogP contribution in [0.25, 0.3) is 6.08 Å². The first-order valence-electron chi connectivity index (χ1n) is 8.53. The highest BCUT2D eigenvalue weighted by molar-refractivity contribution is 8.26. The predicted molar refractivity (Wildman–Crippen MR) is 112 cm³/mol. The van der Waals surface area contributed by atoms with E-state index in [4.69, 9.17) is 12.2 Å². The summed E-state index contributed by atoms with van der Waals surface area (Å²) in [5, 5.41) is 9.70. The molecule has 0 radical (unpaired) electrons. The Hall–Kier alpha value is -2.44. The van der Waals surface area contributed by atoms with Crippen LogP contribution >= 0.6 is 24.0 Å². The molecule has 27 heavy (non-hydrogen) atoms. The van der Waals surface area contributed by atoms with Crippen molar-refractivity contribution in [3.63, 3.8) is 0 Å². The van der Waals surface area contributed by atoms with Gasteiger partial charge in [0.2, 0.25) is 0 Å². The third kappa shape index (κ3) is 4.12. The molecule has 0 bridgehead atoms. The molecule has 1 aliphatic heterocycles. The number of carbonyl (C=O) groups is 2. The zero-order valence-corrected chi connectivity index (χ0v) is 16.6. The first-order valence-corrected chi connectivity index (χ1v) is 9.75. The number of aliphatic carboxylic acids is 1. The van der Waals surface area contributed by atoms with Gasteiger partial charge in [-0.3, -0.25) is 9.69 Å². The number of hydrogen-bond donors (Lipinski definition) is 1. The van der Waals surface area contributed by atoms with Crippen LogP contribution in [-0.2, 0) is 9.59 Å². The van der Waals surface area contributed by atoms with Crippen LogP contribution in [0.2, 0.25) is 0 Å². The molecule has 4 nitrogen and oxygen atoms in total. The van der Waals surface area contributed by atoms with Crippen LogP contribution in [-0.4, -0.2) is 26.2 Å². The van der Waals surface area contributed by atoms with Crippen LogP contribution in [0.1, 0.15) is 42.5 Å². The van der Waals surface area contributed by atoms with Gasteiger partial charge in [-0.25, -0.2) is 4.79 Å². The highest BCUT2D eigenvalue weighted by Crippen LogP contribution is 2.38. The van der Waals surface area contributed by atoms with Gasteiger partial charge in [0.25, 0.3) is 5.91 Å². The Morgan fingerprint density at radius 3 is 2.26 bits per heavy atom. The Labute approximate surface area is 167 Å². The molecule has 1 atom stereocenters. The number of carboxylic acids is 1. The standard InChI is InChI=1S/C21H19NO3S2/c1-13(2)15-10-8-14(9-11-15)12-17-19(23)22(21(26)27-17)18(20(24)25)16-6-4-3-5-7-16/h3-13,18H,1-2H3,(H,24,25)/b17-12+/t18-/m1/s1. The molecule has 0 spiro atoms. The summed E-state index contributed by atoms with van der Waals surface area (Å²) in [6.45, 7) is 4.24. The first kappa shape index (κ1) is 19.3. The van der Waals surface area contributed by atoms with E-state index in [9.17, 15) is 14.7 Å². The zero-order valence-electron chi connectivity index (χ0n) is 15.0. The molecular weight excluding hydrogens is 378 g/mol. The van der Waals surface area contributed by atoms with E-state index in [1.54, 1.807) is 36.4 Å². The van der Waals surface area contributed by atoms with Crippen LogP contribution < -0.4 is 0 Å². The molecule has 0 saturated carbocycles. The molecule has 6 heteroatoms. The van der Waals surface area contributed by atoms with Crippen molar-refractivity contribution in [3.8, 4) is 0 Å². The lowest BCUT2D eigenvalue weighted by Crippen LogP contribution is -2.37. The highest BCUT2D eigenvalue weighted by atomic mass is 32.2. The van der Waals surface area contributed by atoms with Gasteiger partial charge in [0.15, 0.2) is 6.04 Å². The van der Waals surface area contributed by atoms with E-state index >= 15 is 0 Å². The summed E-state index contributed by atoms with van der Waals surface area (Å²) in [6, 6.07) is 15.5. The molecule has 1 aliphatic rings. The second-order valence-corrected chi connectivity index (χ2v) is 8.20. The van der Waals surface area contributed by atoms with Crippen LogP contribution in [0.3, 0.4) is 0 Å². The molecular formula is C21H19NO3S2. The Morgan fingerprint density at radius 1 is 1.07 bits per heavy atom. The number of amides is 1. The number of thioether (sulfide) groups is 1. The first-order chi connectivity index (χ1) is 12.9. The van der Waals surface area contributed by atoms with E-state index in [-0.39, 0.29) is 10.2 Å².